The molecule has 0 radical (unpaired) electrons. The van der Waals surface area contributed by atoms with Crippen LogP contribution in [0, 0.1) is 5.92 Å². The molecule has 0 N–H and O–H groups in total. The smallest absolute Gasteiger partial charge is 0.410 e. The van der Waals surface area contributed by atoms with Crippen molar-refractivity contribution in [2.75, 3.05) is 13.1 Å². The lowest BCUT2D eigenvalue weighted by molar-refractivity contribution is 0.0744. The summed E-state index contributed by atoms with van der Waals surface area (Å²) in [5, 5.41) is 0. The largest absolute Gasteiger partial charge is 0.445 e. The van der Waals surface area contributed by atoms with Crippen LogP contribution in [0.25, 0.3) is 0 Å². The van der Waals surface area contributed by atoms with Gasteiger partial charge in [0.2, 0.25) is 0 Å². The number of carbonyl (C=O) groups is 1. The van der Waals surface area contributed by atoms with Gasteiger partial charge >= 0.3 is 16.3 Å². The van der Waals surface area contributed by atoms with Crippen LogP contribution in [-0.2, 0) is 21.6 Å². The maximum absolute atomic E-state index is 13.5. The van der Waals surface area contributed by atoms with Crippen molar-refractivity contribution in [3.63, 3.8) is 0 Å². The standard InChI is InChI=1S/C16H22FNO4S/c1-16(2,23(17,20)21)14-9-6-10-18(11-14)15(19)22-12-13-7-4-3-5-8-13/h3-5,7-8,14H,6,9-12H2,1-2H3. The Bertz CT molecular complexity index is 645. The van der Waals surface area contributed by atoms with E-state index in [4.69, 9.17) is 4.74 Å². The molecule has 23 heavy (non-hydrogen) atoms. The van der Waals surface area contributed by atoms with Crippen molar-refractivity contribution in [1.29, 1.82) is 0 Å². The van der Waals surface area contributed by atoms with Crippen LogP contribution in [0.15, 0.2) is 30.3 Å². The fourth-order valence-electron chi connectivity index (χ4n) is 2.72. The maximum atomic E-state index is 13.5. The highest BCUT2D eigenvalue weighted by atomic mass is 32.3. The van der Waals surface area contributed by atoms with Crippen LogP contribution in [0.4, 0.5) is 8.68 Å². The number of nitrogens with zero attached hydrogens (tertiary/aromatic N) is 1. The minimum Gasteiger partial charge on any atom is -0.445 e. The second-order valence-corrected chi connectivity index (χ2v) is 8.29. The summed E-state index contributed by atoms with van der Waals surface area (Å²) in [7, 11) is -4.69. The fourth-order valence-corrected chi connectivity index (χ4v) is 3.31. The highest BCUT2D eigenvalue weighted by Crippen LogP contribution is 2.34. The van der Waals surface area contributed by atoms with E-state index in [2.05, 4.69) is 0 Å². The van der Waals surface area contributed by atoms with E-state index in [1.165, 1.54) is 18.7 Å². The molecule has 0 spiro atoms. The van der Waals surface area contributed by atoms with Crippen LogP contribution < -0.4 is 0 Å². The van der Waals surface area contributed by atoms with Crippen LogP contribution in [-0.4, -0.2) is 37.2 Å². The molecule has 1 aromatic carbocycles. The van der Waals surface area contributed by atoms with Gasteiger partial charge in [0.15, 0.2) is 0 Å². The first-order valence-electron chi connectivity index (χ1n) is 7.61. The summed E-state index contributed by atoms with van der Waals surface area (Å²) in [4.78, 5) is 13.6. The second kappa shape index (κ2) is 6.86. The van der Waals surface area contributed by atoms with Gasteiger partial charge in [0, 0.05) is 13.1 Å². The van der Waals surface area contributed by atoms with Crippen molar-refractivity contribution in [1.82, 2.24) is 4.90 Å². The van der Waals surface area contributed by atoms with Crippen LogP contribution in [0.2, 0.25) is 0 Å². The van der Waals surface area contributed by atoms with Gasteiger partial charge in [0.05, 0.1) is 0 Å². The highest BCUT2D eigenvalue weighted by molar-refractivity contribution is 7.87. The lowest BCUT2D eigenvalue weighted by Gasteiger charge is -2.38. The number of hydrogen-bond donors (Lipinski definition) is 0. The highest BCUT2D eigenvalue weighted by Gasteiger charge is 2.44. The van der Waals surface area contributed by atoms with Crippen molar-refractivity contribution in [2.45, 2.75) is 38.0 Å². The number of likely N-dealkylation sites (tertiary alicyclic amines) is 1. The zero-order valence-corrected chi connectivity index (χ0v) is 14.2. The number of rotatable bonds is 4. The molecule has 0 bridgehead atoms. The van der Waals surface area contributed by atoms with Crippen LogP contribution in [0.1, 0.15) is 32.3 Å². The molecule has 1 heterocycles. The monoisotopic (exact) mass is 343 g/mol. The molecule has 7 heteroatoms. The van der Waals surface area contributed by atoms with E-state index in [1.807, 2.05) is 30.3 Å². The SMILES string of the molecule is CC(C)(C1CCCN(C(=O)OCc2ccccc2)C1)S(=O)(=O)F. The topological polar surface area (TPSA) is 63.7 Å². The Kier molecular flexibility index (Phi) is 5.29. The molecule has 0 aliphatic carbocycles. The normalized spacial score (nSPS) is 19.4. The van der Waals surface area contributed by atoms with Gasteiger partial charge < -0.3 is 9.64 Å². The first-order chi connectivity index (χ1) is 10.7. The van der Waals surface area contributed by atoms with Gasteiger partial charge in [-0.05, 0) is 38.2 Å². The van der Waals surface area contributed by atoms with Crippen LogP contribution >= 0.6 is 0 Å². The Morgan fingerprint density at radius 3 is 2.61 bits per heavy atom. The average Bonchev–Trinajstić information content (AvgIpc) is 2.52. The van der Waals surface area contributed by atoms with Crippen molar-refractivity contribution >= 4 is 16.3 Å². The van der Waals surface area contributed by atoms with Gasteiger partial charge in [-0.15, -0.1) is 3.89 Å². The zero-order chi connectivity index (χ0) is 17.1. The third kappa shape index (κ3) is 4.22. The third-order valence-corrected chi connectivity index (χ3v) is 6.09. The molecule has 5 nitrogen and oxygen atoms in total. The first kappa shape index (κ1) is 17.7. The summed E-state index contributed by atoms with van der Waals surface area (Å²) in [6.07, 6.45) is 0.702. The Morgan fingerprint density at radius 1 is 1.35 bits per heavy atom. The van der Waals surface area contributed by atoms with Crippen molar-refractivity contribution in [3.8, 4) is 0 Å². The van der Waals surface area contributed by atoms with Gasteiger partial charge in [-0.2, -0.15) is 8.42 Å². The lowest BCUT2D eigenvalue weighted by Crippen LogP contribution is -2.49. The van der Waals surface area contributed by atoms with Crippen molar-refractivity contribution in [3.05, 3.63) is 35.9 Å². The van der Waals surface area contributed by atoms with Gasteiger partial charge in [-0.3, -0.25) is 0 Å². The first-order valence-corrected chi connectivity index (χ1v) is 9.00. The quantitative estimate of drug-likeness (QED) is 0.788. The molecule has 1 aromatic rings. The number of benzene rings is 1. The van der Waals surface area contributed by atoms with Gasteiger partial charge in [-0.1, -0.05) is 30.3 Å². The van der Waals surface area contributed by atoms with Gasteiger partial charge in [0.1, 0.15) is 11.4 Å². The summed E-state index contributed by atoms with van der Waals surface area (Å²) in [6.45, 7) is 3.57. The fraction of sp³-hybridized carbons (Fsp3) is 0.562. The lowest BCUT2D eigenvalue weighted by atomic mass is 9.87. The second-order valence-electron chi connectivity index (χ2n) is 6.37. The van der Waals surface area contributed by atoms with E-state index in [-0.39, 0.29) is 13.2 Å². The molecular weight excluding hydrogens is 321 g/mol. The van der Waals surface area contributed by atoms with Gasteiger partial charge in [-0.25, -0.2) is 4.79 Å². The maximum Gasteiger partial charge on any atom is 0.410 e. The van der Waals surface area contributed by atoms with E-state index in [0.717, 1.165) is 5.56 Å². The molecule has 0 aromatic heterocycles. The predicted octanol–water partition coefficient (Wildman–Crippen LogP) is 3.11. The van der Waals surface area contributed by atoms with Gasteiger partial charge in [0.25, 0.3) is 0 Å². The molecule has 1 atom stereocenters. The summed E-state index contributed by atoms with van der Waals surface area (Å²) < 4.78 is 39.9. The molecule has 0 saturated carbocycles. The molecular formula is C16H22FNO4S. The third-order valence-electron chi connectivity index (χ3n) is 4.50. The molecule has 1 aliphatic heterocycles. The minimum absolute atomic E-state index is 0.158. The Balaban J connectivity index is 1.97. The number of carbonyl (C=O) groups excluding carboxylic acids is 1. The molecule has 1 aliphatic rings. The predicted molar refractivity (Wildman–Crippen MR) is 85.0 cm³/mol. The summed E-state index contributed by atoms with van der Waals surface area (Å²) >= 11 is 0. The van der Waals surface area contributed by atoms with Crippen molar-refractivity contribution in [2.24, 2.45) is 5.92 Å². The summed E-state index contributed by atoms with van der Waals surface area (Å²) in [5.41, 5.74) is 0.876. The Morgan fingerprint density at radius 2 is 2.00 bits per heavy atom. The van der Waals surface area contributed by atoms with Crippen molar-refractivity contribution < 1.29 is 21.8 Å². The van der Waals surface area contributed by atoms with Crippen LogP contribution in [0.5, 0.6) is 0 Å². The molecule has 1 saturated heterocycles. The Labute approximate surface area is 136 Å². The molecule has 1 amide bonds. The number of amides is 1. The van der Waals surface area contributed by atoms with E-state index in [0.29, 0.717) is 19.4 Å². The van der Waals surface area contributed by atoms with E-state index in [9.17, 15) is 17.1 Å². The zero-order valence-electron chi connectivity index (χ0n) is 13.4. The molecule has 1 fully saturated rings. The van der Waals surface area contributed by atoms with Crippen LogP contribution in [0.3, 0.4) is 0 Å². The molecule has 1 unspecified atom stereocenters. The number of piperidine rings is 1. The number of ether oxygens (including phenoxy) is 1. The van der Waals surface area contributed by atoms with E-state index < -0.39 is 27.0 Å². The Hall–Kier alpha value is -1.63. The number of hydrogen-bond acceptors (Lipinski definition) is 4. The summed E-state index contributed by atoms with van der Waals surface area (Å²) in [5.74, 6) is -0.449. The average molecular weight is 343 g/mol. The molecule has 128 valence electrons. The van der Waals surface area contributed by atoms with E-state index in [1.54, 1.807) is 0 Å². The number of halogens is 1. The van der Waals surface area contributed by atoms with E-state index >= 15 is 0 Å². The summed E-state index contributed by atoms with van der Waals surface area (Å²) in [6, 6.07) is 9.29. The molecule has 2 rings (SSSR count). The minimum atomic E-state index is -4.69.